The maximum Gasteiger partial charge on any atom is 0.317 e. The van der Waals surface area contributed by atoms with E-state index in [9.17, 15) is 0 Å². The van der Waals surface area contributed by atoms with E-state index in [0.717, 1.165) is 12.1 Å². The number of benzene rings is 1. The maximum atomic E-state index is 5.23. The van der Waals surface area contributed by atoms with Crippen LogP contribution >= 0.6 is 0 Å². The normalized spacial score (nSPS) is 14.3. The molecule has 76 valence electrons. The van der Waals surface area contributed by atoms with Crippen molar-refractivity contribution in [3.8, 4) is 0 Å². The molecule has 0 fully saturated rings. The summed E-state index contributed by atoms with van der Waals surface area (Å²) in [6.45, 7) is 0.738. The van der Waals surface area contributed by atoms with Gasteiger partial charge in [0.05, 0.1) is 19.2 Å². The number of nitrogens with zero attached hydrogens (tertiary/aromatic N) is 2. The second-order valence-corrected chi connectivity index (χ2v) is 3.46. The molecule has 15 heavy (non-hydrogen) atoms. The first-order valence-electron chi connectivity index (χ1n) is 4.84. The van der Waals surface area contributed by atoms with Crippen molar-refractivity contribution in [2.45, 2.75) is 6.54 Å². The van der Waals surface area contributed by atoms with E-state index in [0.29, 0.717) is 6.02 Å². The predicted molar refractivity (Wildman–Crippen MR) is 58.6 cm³/mol. The maximum absolute atomic E-state index is 5.23. The first kappa shape index (κ1) is 8.35. The minimum atomic E-state index is 0.595. The molecule has 0 amide bonds. The van der Waals surface area contributed by atoms with E-state index in [4.69, 9.17) is 4.74 Å². The zero-order valence-corrected chi connectivity index (χ0v) is 8.40. The Labute approximate surface area is 87.2 Å². The van der Waals surface area contributed by atoms with Gasteiger partial charge in [-0.15, -0.1) is 5.10 Å². The van der Waals surface area contributed by atoms with Crippen LogP contribution in [-0.4, -0.2) is 17.7 Å². The van der Waals surface area contributed by atoms with Gasteiger partial charge in [0.1, 0.15) is 0 Å². The summed E-state index contributed by atoms with van der Waals surface area (Å²) in [4.78, 5) is 0. The largest absolute Gasteiger partial charge is 0.467 e. The number of ether oxygens (including phenoxy) is 1. The average Bonchev–Trinajstić information content (AvgIpc) is 2.67. The van der Waals surface area contributed by atoms with Crippen molar-refractivity contribution in [1.82, 2.24) is 9.99 Å². The summed E-state index contributed by atoms with van der Waals surface area (Å²) in [5, 5.41) is 5.33. The van der Waals surface area contributed by atoms with Gasteiger partial charge < -0.3 is 4.74 Å². The Morgan fingerprint density at radius 1 is 1.40 bits per heavy atom. The van der Waals surface area contributed by atoms with Crippen molar-refractivity contribution >= 4 is 16.9 Å². The second kappa shape index (κ2) is 3.02. The number of hydrazone groups is 1. The Balaban J connectivity index is 2.34. The molecular weight excluding hydrogens is 190 g/mol. The number of methoxy groups -OCH3 is 1. The van der Waals surface area contributed by atoms with Crippen LogP contribution in [0.15, 0.2) is 35.4 Å². The lowest BCUT2D eigenvalue weighted by Crippen LogP contribution is -2.27. The van der Waals surface area contributed by atoms with Crippen LogP contribution in [0, 0.1) is 0 Å². The molecule has 0 saturated carbocycles. The molecule has 2 heterocycles. The van der Waals surface area contributed by atoms with Gasteiger partial charge in [0, 0.05) is 11.1 Å². The number of para-hydroxylation sites is 1. The highest BCUT2D eigenvalue weighted by Gasteiger charge is 2.16. The van der Waals surface area contributed by atoms with E-state index < -0.39 is 0 Å². The van der Waals surface area contributed by atoms with Gasteiger partial charge in [-0.3, -0.25) is 9.99 Å². The van der Waals surface area contributed by atoms with Gasteiger partial charge in [0.25, 0.3) is 0 Å². The van der Waals surface area contributed by atoms with Gasteiger partial charge in [0.2, 0.25) is 0 Å². The Morgan fingerprint density at radius 3 is 3.13 bits per heavy atom. The summed E-state index contributed by atoms with van der Waals surface area (Å²) in [5.41, 5.74) is 5.25. The Bertz CT molecular complexity index is 542. The lowest BCUT2D eigenvalue weighted by Gasteiger charge is -2.16. The molecule has 1 aromatic carbocycles. The van der Waals surface area contributed by atoms with Crippen LogP contribution in [-0.2, 0) is 11.3 Å². The lowest BCUT2D eigenvalue weighted by atomic mass is 10.2. The molecule has 2 aromatic rings. The molecule has 0 spiro atoms. The van der Waals surface area contributed by atoms with E-state index in [1.54, 1.807) is 7.11 Å². The monoisotopic (exact) mass is 201 g/mol. The Hall–Kier alpha value is -1.97. The van der Waals surface area contributed by atoms with Crippen LogP contribution in [0.3, 0.4) is 0 Å². The quantitative estimate of drug-likeness (QED) is 0.701. The van der Waals surface area contributed by atoms with Crippen LogP contribution in [0.4, 0.5) is 0 Å². The van der Waals surface area contributed by atoms with Crippen molar-refractivity contribution in [2.24, 2.45) is 5.10 Å². The van der Waals surface area contributed by atoms with Crippen LogP contribution in [0.2, 0.25) is 0 Å². The molecule has 3 rings (SSSR count). The molecule has 1 aliphatic rings. The van der Waals surface area contributed by atoms with E-state index in [1.807, 2.05) is 16.7 Å². The highest BCUT2D eigenvalue weighted by Crippen LogP contribution is 2.21. The first-order chi connectivity index (χ1) is 7.40. The van der Waals surface area contributed by atoms with Crippen molar-refractivity contribution in [3.05, 3.63) is 36.0 Å². The third kappa shape index (κ3) is 1.11. The number of fused-ring (bicyclic) bond motifs is 3. The van der Waals surface area contributed by atoms with E-state index in [-0.39, 0.29) is 0 Å². The first-order valence-corrected chi connectivity index (χ1v) is 4.84. The molecule has 1 aliphatic heterocycles. The fourth-order valence-corrected chi connectivity index (χ4v) is 1.94. The summed E-state index contributed by atoms with van der Waals surface area (Å²) in [7, 11) is 1.63. The van der Waals surface area contributed by atoms with E-state index in [2.05, 4.69) is 28.7 Å². The van der Waals surface area contributed by atoms with Crippen LogP contribution < -0.4 is 5.43 Å². The van der Waals surface area contributed by atoms with Crippen molar-refractivity contribution in [2.75, 3.05) is 7.11 Å². The van der Waals surface area contributed by atoms with E-state index >= 15 is 0 Å². The number of rotatable bonds is 0. The number of nitrogens with one attached hydrogen (secondary N) is 1. The molecule has 4 nitrogen and oxygen atoms in total. The second-order valence-electron chi connectivity index (χ2n) is 3.46. The van der Waals surface area contributed by atoms with Crippen LogP contribution in [0.25, 0.3) is 10.9 Å². The molecule has 1 N–H and O–H groups in total. The summed E-state index contributed by atoms with van der Waals surface area (Å²) >= 11 is 0. The minimum Gasteiger partial charge on any atom is -0.467 e. The molecular formula is C11H11N3O. The van der Waals surface area contributed by atoms with Gasteiger partial charge in [-0.2, -0.15) is 0 Å². The van der Waals surface area contributed by atoms with Gasteiger partial charge in [-0.25, -0.2) is 0 Å². The van der Waals surface area contributed by atoms with Gasteiger partial charge >= 0.3 is 6.02 Å². The van der Waals surface area contributed by atoms with Gasteiger partial charge in [0.15, 0.2) is 0 Å². The molecule has 0 saturated heterocycles. The van der Waals surface area contributed by atoms with Gasteiger partial charge in [-0.05, 0) is 12.1 Å². The SMILES string of the molecule is COC1=NNCc2cc3ccccc3n21. The molecule has 0 unspecified atom stereocenters. The zero-order valence-electron chi connectivity index (χ0n) is 8.40. The zero-order chi connectivity index (χ0) is 10.3. The number of hydrogen-bond donors (Lipinski definition) is 1. The van der Waals surface area contributed by atoms with Crippen LogP contribution in [0.5, 0.6) is 0 Å². The third-order valence-corrected chi connectivity index (χ3v) is 2.60. The highest BCUT2D eigenvalue weighted by molar-refractivity contribution is 5.93. The number of hydrogen-bond acceptors (Lipinski definition) is 3. The minimum absolute atomic E-state index is 0.595. The van der Waals surface area contributed by atoms with Crippen molar-refractivity contribution in [1.29, 1.82) is 0 Å². The molecule has 0 atom stereocenters. The molecule has 1 aromatic heterocycles. The standard InChI is InChI=1S/C11H11N3O/c1-15-11-13-12-7-9-6-8-4-2-3-5-10(8)14(9)11/h2-6,12H,7H2,1H3. The summed E-state index contributed by atoms with van der Waals surface area (Å²) in [5.74, 6) is 0. The summed E-state index contributed by atoms with van der Waals surface area (Å²) in [6, 6.07) is 11.0. The fourth-order valence-electron chi connectivity index (χ4n) is 1.94. The molecule has 0 radical (unpaired) electrons. The number of aromatic nitrogens is 1. The molecule has 4 heteroatoms. The van der Waals surface area contributed by atoms with Crippen LogP contribution in [0.1, 0.15) is 5.69 Å². The molecule has 0 bridgehead atoms. The van der Waals surface area contributed by atoms with Gasteiger partial charge in [-0.1, -0.05) is 18.2 Å². The topological polar surface area (TPSA) is 38.5 Å². The fraction of sp³-hybridized carbons (Fsp3) is 0.182. The lowest BCUT2D eigenvalue weighted by molar-refractivity contribution is 0.370. The van der Waals surface area contributed by atoms with Crippen molar-refractivity contribution < 1.29 is 4.74 Å². The predicted octanol–water partition coefficient (Wildman–Crippen LogP) is 1.51. The van der Waals surface area contributed by atoms with Crippen molar-refractivity contribution in [3.63, 3.8) is 0 Å². The average molecular weight is 201 g/mol. The summed E-state index contributed by atoms with van der Waals surface area (Å²) in [6.07, 6.45) is 0. The third-order valence-electron chi connectivity index (χ3n) is 2.60. The Kier molecular flexibility index (Phi) is 1.68. The highest BCUT2D eigenvalue weighted by atomic mass is 16.5. The Morgan fingerprint density at radius 2 is 2.27 bits per heavy atom. The molecule has 0 aliphatic carbocycles. The van der Waals surface area contributed by atoms with E-state index in [1.165, 1.54) is 11.1 Å². The summed E-state index contributed by atoms with van der Waals surface area (Å²) < 4.78 is 7.27. The smallest absolute Gasteiger partial charge is 0.317 e.